The molecule has 24 heavy (non-hydrogen) atoms. The van der Waals surface area contributed by atoms with Crippen LogP contribution in [0.25, 0.3) is 11.1 Å². The van der Waals surface area contributed by atoms with Gasteiger partial charge in [0.2, 0.25) is 5.91 Å². The minimum Gasteiger partial charge on any atom is -0.352 e. The fourth-order valence-electron chi connectivity index (χ4n) is 2.45. The highest BCUT2D eigenvalue weighted by Gasteiger charge is 2.05. The van der Waals surface area contributed by atoms with E-state index in [1.165, 1.54) is 0 Å². The molecule has 0 radical (unpaired) electrons. The summed E-state index contributed by atoms with van der Waals surface area (Å²) in [6.45, 7) is 2.50. The first-order chi connectivity index (χ1) is 11.7. The van der Waals surface area contributed by atoms with E-state index in [9.17, 15) is 4.79 Å². The number of benzene rings is 1. The molecule has 0 aliphatic heterocycles. The molecule has 0 bridgehead atoms. The molecular formula is C20H19N3O. The van der Waals surface area contributed by atoms with E-state index >= 15 is 0 Å². The Hall–Kier alpha value is -3.01. The van der Waals surface area contributed by atoms with Crippen LogP contribution in [0.2, 0.25) is 0 Å². The molecule has 120 valence electrons. The SMILES string of the molecule is Cc1cc(-c2ccc(CC(=O)NCc3ccccc3)nc2)ccn1. The molecule has 1 N–H and O–H groups in total. The van der Waals surface area contributed by atoms with Crippen LogP contribution in [0.4, 0.5) is 0 Å². The largest absolute Gasteiger partial charge is 0.352 e. The molecule has 4 nitrogen and oxygen atoms in total. The first kappa shape index (κ1) is 15.9. The van der Waals surface area contributed by atoms with E-state index in [-0.39, 0.29) is 12.3 Å². The third kappa shape index (κ3) is 4.26. The summed E-state index contributed by atoms with van der Waals surface area (Å²) in [5.74, 6) is -0.0288. The molecule has 0 aliphatic carbocycles. The number of carbonyl (C=O) groups is 1. The number of aromatic nitrogens is 2. The van der Waals surface area contributed by atoms with Gasteiger partial charge in [0.25, 0.3) is 0 Å². The summed E-state index contributed by atoms with van der Waals surface area (Å²) in [6.07, 6.45) is 3.87. The van der Waals surface area contributed by atoms with E-state index < -0.39 is 0 Å². The van der Waals surface area contributed by atoms with Crippen molar-refractivity contribution in [3.05, 3.63) is 83.9 Å². The van der Waals surface area contributed by atoms with Crippen molar-refractivity contribution in [2.75, 3.05) is 0 Å². The maximum Gasteiger partial charge on any atom is 0.226 e. The van der Waals surface area contributed by atoms with Crippen LogP contribution in [0.3, 0.4) is 0 Å². The fraction of sp³-hybridized carbons (Fsp3) is 0.150. The second-order valence-corrected chi connectivity index (χ2v) is 5.66. The molecule has 3 rings (SSSR count). The van der Waals surface area contributed by atoms with Crippen LogP contribution < -0.4 is 5.32 Å². The summed E-state index contributed by atoms with van der Waals surface area (Å²) >= 11 is 0. The summed E-state index contributed by atoms with van der Waals surface area (Å²) in [6, 6.07) is 17.7. The molecule has 2 heterocycles. The van der Waals surface area contributed by atoms with Crippen molar-refractivity contribution in [3.8, 4) is 11.1 Å². The molecule has 4 heteroatoms. The Kier molecular flexibility index (Phi) is 4.96. The zero-order valence-corrected chi connectivity index (χ0v) is 13.6. The normalized spacial score (nSPS) is 10.4. The minimum atomic E-state index is -0.0288. The predicted octanol–water partition coefficient (Wildman–Crippen LogP) is 3.31. The molecule has 1 aromatic carbocycles. The molecule has 0 spiro atoms. The van der Waals surface area contributed by atoms with Crippen LogP contribution in [0, 0.1) is 6.92 Å². The van der Waals surface area contributed by atoms with Crippen LogP contribution >= 0.6 is 0 Å². The number of hydrogen-bond acceptors (Lipinski definition) is 3. The highest BCUT2D eigenvalue weighted by Crippen LogP contribution is 2.18. The van der Waals surface area contributed by atoms with Gasteiger partial charge in [-0.05, 0) is 36.2 Å². The zero-order chi connectivity index (χ0) is 16.8. The van der Waals surface area contributed by atoms with Gasteiger partial charge in [-0.25, -0.2) is 0 Å². The van der Waals surface area contributed by atoms with Gasteiger partial charge in [0.1, 0.15) is 0 Å². The van der Waals surface area contributed by atoms with Gasteiger partial charge in [-0.15, -0.1) is 0 Å². The third-order valence-electron chi connectivity index (χ3n) is 3.73. The Morgan fingerprint density at radius 3 is 2.54 bits per heavy atom. The van der Waals surface area contributed by atoms with Gasteiger partial charge < -0.3 is 5.32 Å². The molecular weight excluding hydrogens is 298 g/mol. The number of aryl methyl sites for hydroxylation is 1. The van der Waals surface area contributed by atoms with Gasteiger partial charge in [0.05, 0.1) is 6.42 Å². The van der Waals surface area contributed by atoms with Gasteiger partial charge in [-0.3, -0.25) is 14.8 Å². The van der Waals surface area contributed by atoms with E-state index in [2.05, 4.69) is 15.3 Å². The van der Waals surface area contributed by atoms with Crippen LogP contribution in [0.1, 0.15) is 17.0 Å². The second-order valence-electron chi connectivity index (χ2n) is 5.66. The highest BCUT2D eigenvalue weighted by atomic mass is 16.1. The molecule has 0 aliphatic rings. The van der Waals surface area contributed by atoms with E-state index in [0.29, 0.717) is 6.54 Å². The molecule has 0 fully saturated rings. The summed E-state index contributed by atoms with van der Waals surface area (Å²) in [5, 5.41) is 2.91. The smallest absolute Gasteiger partial charge is 0.226 e. The van der Waals surface area contributed by atoms with Crippen molar-refractivity contribution in [1.29, 1.82) is 0 Å². The Morgan fingerprint density at radius 2 is 1.83 bits per heavy atom. The van der Waals surface area contributed by atoms with Crippen molar-refractivity contribution < 1.29 is 4.79 Å². The fourth-order valence-corrected chi connectivity index (χ4v) is 2.45. The quantitative estimate of drug-likeness (QED) is 0.785. The number of rotatable bonds is 5. The number of nitrogens with zero attached hydrogens (tertiary/aromatic N) is 2. The molecule has 0 saturated heterocycles. The average molecular weight is 317 g/mol. The highest BCUT2D eigenvalue weighted by molar-refractivity contribution is 5.78. The van der Waals surface area contributed by atoms with Gasteiger partial charge in [0, 0.05) is 35.9 Å². The van der Waals surface area contributed by atoms with Crippen molar-refractivity contribution in [1.82, 2.24) is 15.3 Å². The number of hydrogen-bond donors (Lipinski definition) is 1. The van der Waals surface area contributed by atoms with Crippen molar-refractivity contribution >= 4 is 5.91 Å². The first-order valence-corrected chi connectivity index (χ1v) is 7.89. The number of amides is 1. The lowest BCUT2D eigenvalue weighted by Crippen LogP contribution is -2.24. The summed E-state index contributed by atoms with van der Waals surface area (Å²) in [5.41, 5.74) is 4.91. The van der Waals surface area contributed by atoms with Crippen molar-refractivity contribution in [2.24, 2.45) is 0 Å². The Morgan fingerprint density at radius 1 is 1.00 bits per heavy atom. The van der Waals surface area contributed by atoms with E-state index in [1.54, 1.807) is 12.4 Å². The van der Waals surface area contributed by atoms with Crippen molar-refractivity contribution in [2.45, 2.75) is 19.9 Å². The lowest BCUT2D eigenvalue weighted by Gasteiger charge is -2.06. The van der Waals surface area contributed by atoms with Crippen LogP contribution in [-0.4, -0.2) is 15.9 Å². The van der Waals surface area contributed by atoms with E-state index in [1.807, 2.05) is 61.5 Å². The van der Waals surface area contributed by atoms with Crippen LogP contribution in [0.15, 0.2) is 67.0 Å². The summed E-state index contributed by atoms with van der Waals surface area (Å²) in [7, 11) is 0. The van der Waals surface area contributed by atoms with Crippen LogP contribution in [0.5, 0.6) is 0 Å². The third-order valence-corrected chi connectivity index (χ3v) is 3.73. The number of carbonyl (C=O) groups excluding carboxylic acids is 1. The van der Waals surface area contributed by atoms with Gasteiger partial charge in [0.15, 0.2) is 0 Å². The molecule has 1 amide bonds. The average Bonchev–Trinajstić information content (AvgIpc) is 2.61. The second kappa shape index (κ2) is 7.51. The maximum atomic E-state index is 12.0. The maximum absolute atomic E-state index is 12.0. The molecule has 3 aromatic rings. The Labute approximate surface area is 141 Å². The van der Waals surface area contributed by atoms with Crippen molar-refractivity contribution in [3.63, 3.8) is 0 Å². The van der Waals surface area contributed by atoms with E-state index in [0.717, 1.165) is 28.1 Å². The predicted molar refractivity (Wildman–Crippen MR) is 94.2 cm³/mol. The summed E-state index contributed by atoms with van der Waals surface area (Å²) < 4.78 is 0. The monoisotopic (exact) mass is 317 g/mol. The number of pyridine rings is 2. The van der Waals surface area contributed by atoms with Gasteiger partial charge in [-0.1, -0.05) is 36.4 Å². The van der Waals surface area contributed by atoms with Crippen LogP contribution in [-0.2, 0) is 17.8 Å². The topological polar surface area (TPSA) is 54.9 Å². The van der Waals surface area contributed by atoms with E-state index in [4.69, 9.17) is 0 Å². The summed E-state index contributed by atoms with van der Waals surface area (Å²) in [4.78, 5) is 20.6. The van der Waals surface area contributed by atoms with Gasteiger partial charge >= 0.3 is 0 Å². The number of nitrogens with one attached hydrogen (secondary N) is 1. The first-order valence-electron chi connectivity index (χ1n) is 7.89. The lowest BCUT2D eigenvalue weighted by atomic mass is 10.1. The Bertz CT molecular complexity index is 814. The Balaban J connectivity index is 1.58. The molecule has 2 aromatic heterocycles. The molecule has 0 unspecified atom stereocenters. The molecule has 0 atom stereocenters. The zero-order valence-electron chi connectivity index (χ0n) is 13.6. The van der Waals surface area contributed by atoms with Gasteiger partial charge in [-0.2, -0.15) is 0 Å². The standard InChI is InChI=1S/C20H19N3O/c1-15-11-17(9-10-21-15)18-7-8-19(22-14-18)12-20(24)23-13-16-5-3-2-4-6-16/h2-11,14H,12-13H2,1H3,(H,23,24). The molecule has 0 saturated carbocycles. The lowest BCUT2D eigenvalue weighted by molar-refractivity contribution is -0.120. The minimum absolute atomic E-state index is 0.0288.